The van der Waals surface area contributed by atoms with Gasteiger partial charge in [-0.1, -0.05) is 42.5 Å². The molecule has 1 aliphatic rings. The van der Waals surface area contributed by atoms with Crippen LogP contribution in [0.4, 0.5) is 0 Å². The number of benzene rings is 2. The van der Waals surface area contributed by atoms with E-state index in [-0.39, 0.29) is 12.0 Å². The van der Waals surface area contributed by atoms with Gasteiger partial charge >= 0.3 is 0 Å². The highest BCUT2D eigenvalue weighted by atomic mass is 32.2. The first kappa shape index (κ1) is 20.6. The second-order valence-electron chi connectivity index (χ2n) is 7.34. The second kappa shape index (κ2) is 8.90. The lowest BCUT2D eigenvalue weighted by molar-refractivity contribution is 0.0687. The average molecular weight is 402 g/mol. The third-order valence-corrected chi connectivity index (χ3v) is 6.99. The number of piperidine rings is 1. The second-order valence-corrected chi connectivity index (χ2v) is 9.16. The van der Waals surface area contributed by atoms with E-state index < -0.39 is 10.0 Å². The Labute approximate surface area is 167 Å². The van der Waals surface area contributed by atoms with Crippen LogP contribution in [0.15, 0.2) is 60.0 Å². The summed E-state index contributed by atoms with van der Waals surface area (Å²) in [6, 6.07) is 17.2. The number of sulfonamides is 1. The van der Waals surface area contributed by atoms with Crippen molar-refractivity contribution in [2.45, 2.75) is 19.3 Å². The van der Waals surface area contributed by atoms with E-state index in [2.05, 4.69) is 0 Å². The molecular formula is C22H27NO4S. The third kappa shape index (κ3) is 5.01. The Hall–Kier alpha value is -2.15. The molecule has 0 radical (unpaired) electrons. The van der Waals surface area contributed by atoms with Crippen molar-refractivity contribution in [3.8, 4) is 5.75 Å². The smallest absolute Gasteiger partial charge is 0.236 e. The summed E-state index contributed by atoms with van der Waals surface area (Å²) < 4.78 is 32.1. The maximum atomic E-state index is 12.7. The minimum absolute atomic E-state index is 0.0396. The van der Waals surface area contributed by atoms with Crippen LogP contribution in [0.1, 0.15) is 24.0 Å². The van der Waals surface area contributed by atoms with Crippen LogP contribution in [0.5, 0.6) is 5.75 Å². The first-order valence-corrected chi connectivity index (χ1v) is 10.9. The van der Waals surface area contributed by atoms with E-state index in [1.54, 1.807) is 13.2 Å². The molecular weight excluding hydrogens is 374 g/mol. The van der Waals surface area contributed by atoms with Crippen LogP contribution >= 0.6 is 0 Å². The van der Waals surface area contributed by atoms with Crippen molar-refractivity contribution in [3.63, 3.8) is 0 Å². The van der Waals surface area contributed by atoms with Gasteiger partial charge in [-0.05, 0) is 54.0 Å². The molecule has 0 aliphatic carbocycles. The molecule has 28 heavy (non-hydrogen) atoms. The predicted octanol–water partition coefficient (Wildman–Crippen LogP) is 3.31. The van der Waals surface area contributed by atoms with E-state index in [0.717, 1.165) is 16.9 Å². The molecule has 0 atom stereocenters. The lowest BCUT2D eigenvalue weighted by Gasteiger charge is -2.40. The van der Waals surface area contributed by atoms with Gasteiger partial charge in [-0.3, -0.25) is 0 Å². The zero-order chi connectivity index (χ0) is 20.0. The number of rotatable bonds is 7. The summed E-state index contributed by atoms with van der Waals surface area (Å²) in [4.78, 5) is 0. The summed E-state index contributed by atoms with van der Waals surface area (Å²) in [5.74, 6) is 0.789. The quantitative estimate of drug-likeness (QED) is 0.773. The Bertz CT molecular complexity index is 901. The van der Waals surface area contributed by atoms with Crippen LogP contribution in [0.25, 0.3) is 6.08 Å². The zero-order valence-electron chi connectivity index (χ0n) is 16.1. The minimum Gasteiger partial charge on any atom is -0.497 e. The van der Waals surface area contributed by atoms with Gasteiger partial charge in [0.25, 0.3) is 0 Å². The predicted molar refractivity (Wildman–Crippen MR) is 111 cm³/mol. The van der Waals surface area contributed by atoms with E-state index in [9.17, 15) is 13.5 Å². The Morgan fingerprint density at radius 1 is 1.11 bits per heavy atom. The Morgan fingerprint density at radius 2 is 1.82 bits per heavy atom. The van der Waals surface area contributed by atoms with Crippen molar-refractivity contribution in [2.24, 2.45) is 5.41 Å². The maximum absolute atomic E-state index is 12.7. The summed E-state index contributed by atoms with van der Waals surface area (Å²) in [6.07, 6.45) is 3.58. The van der Waals surface area contributed by atoms with E-state index >= 15 is 0 Å². The molecule has 0 unspecified atom stereocenters. The topological polar surface area (TPSA) is 66.8 Å². The maximum Gasteiger partial charge on any atom is 0.236 e. The normalized spacial score (nSPS) is 17.6. The molecule has 0 saturated carbocycles. The molecule has 1 N–H and O–H groups in total. The van der Waals surface area contributed by atoms with Crippen LogP contribution in [-0.4, -0.2) is 44.6 Å². The average Bonchev–Trinajstić information content (AvgIpc) is 2.73. The van der Waals surface area contributed by atoms with Crippen molar-refractivity contribution >= 4 is 16.1 Å². The number of hydrogen-bond acceptors (Lipinski definition) is 4. The molecule has 2 aromatic rings. The van der Waals surface area contributed by atoms with Crippen LogP contribution in [0, 0.1) is 5.41 Å². The van der Waals surface area contributed by atoms with Gasteiger partial charge in [0.1, 0.15) is 5.75 Å². The highest BCUT2D eigenvalue weighted by Crippen LogP contribution is 2.36. The van der Waals surface area contributed by atoms with Crippen LogP contribution < -0.4 is 4.74 Å². The highest BCUT2D eigenvalue weighted by Gasteiger charge is 2.37. The van der Waals surface area contributed by atoms with Crippen LogP contribution in [0.3, 0.4) is 0 Å². The number of aliphatic hydroxyl groups excluding tert-OH is 1. The summed E-state index contributed by atoms with van der Waals surface area (Å²) in [5, 5.41) is 11.3. The number of ether oxygens (including phenoxy) is 1. The van der Waals surface area contributed by atoms with Gasteiger partial charge in [0, 0.05) is 25.1 Å². The molecule has 5 nitrogen and oxygen atoms in total. The molecule has 0 spiro atoms. The SMILES string of the molecule is COc1cccc(CC2(CO)CCN(S(=O)(=O)C=Cc3ccccc3)CC2)c1. The molecule has 0 aromatic heterocycles. The largest absolute Gasteiger partial charge is 0.497 e. The first-order valence-electron chi connectivity index (χ1n) is 9.43. The zero-order valence-corrected chi connectivity index (χ0v) is 16.9. The molecule has 1 fully saturated rings. The van der Waals surface area contributed by atoms with Gasteiger partial charge in [-0.25, -0.2) is 8.42 Å². The number of methoxy groups -OCH3 is 1. The Balaban J connectivity index is 1.66. The lowest BCUT2D eigenvalue weighted by Crippen LogP contribution is -2.45. The molecule has 0 amide bonds. The number of hydrogen-bond donors (Lipinski definition) is 1. The van der Waals surface area contributed by atoms with Gasteiger partial charge < -0.3 is 9.84 Å². The fraction of sp³-hybridized carbons (Fsp3) is 0.364. The highest BCUT2D eigenvalue weighted by molar-refractivity contribution is 7.92. The fourth-order valence-corrected chi connectivity index (χ4v) is 4.83. The summed E-state index contributed by atoms with van der Waals surface area (Å²) in [6.45, 7) is 0.857. The molecule has 1 heterocycles. The van der Waals surface area contributed by atoms with Gasteiger partial charge in [-0.15, -0.1) is 0 Å². The number of nitrogens with zero attached hydrogens (tertiary/aromatic N) is 1. The number of aliphatic hydroxyl groups is 1. The molecule has 1 aliphatic heterocycles. The summed E-state index contributed by atoms with van der Waals surface area (Å²) in [5.41, 5.74) is 1.64. The first-order chi connectivity index (χ1) is 13.5. The van der Waals surface area contributed by atoms with Gasteiger partial charge in [0.05, 0.1) is 7.11 Å². The Morgan fingerprint density at radius 3 is 2.46 bits per heavy atom. The summed E-state index contributed by atoms with van der Waals surface area (Å²) >= 11 is 0. The van der Waals surface area contributed by atoms with Gasteiger partial charge in [-0.2, -0.15) is 4.31 Å². The van der Waals surface area contributed by atoms with E-state index in [0.29, 0.717) is 32.4 Å². The van der Waals surface area contributed by atoms with Gasteiger partial charge in [0.2, 0.25) is 10.0 Å². The minimum atomic E-state index is -3.47. The lowest BCUT2D eigenvalue weighted by atomic mass is 9.75. The van der Waals surface area contributed by atoms with Crippen LogP contribution in [-0.2, 0) is 16.4 Å². The van der Waals surface area contributed by atoms with Gasteiger partial charge in [0.15, 0.2) is 0 Å². The molecule has 3 rings (SSSR count). The van der Waals surface area contributed by atoms with Crippen molar-refractivity contribution in [1.29, 1.82) is 0 Å². The van der Waals surface area contributed by atoms with Crippen LogP contribution in [0.2, 0.25) is 0 Å². The molecule has 2 aromatic carbocycles. The van der Waals surface area contributed by atoms with Crippen molar-refractivity contribution in [3.05, 3.63) is 71.1 Å². The fourth-order valence-electron chi connectivity index (χ4n) is 3.64. The molecule has 6 heteroatoms. The van der Waals surface area contributed by atoms with E-state index in [4.69, 9.17) is 4.74 Å². The van der Waals surface area contributed by atoms with Crippen molar-refractivity contribution in [2.75, 3.05) is 26.8 Å². The standard InChI is InChI=1S/C22H27NO4S/c1-27-21-9-5-8-20(16-21)17-22(18-24)11-13-23(14-12-22)28(25,26)15-10-19-6-3-2-4-7-19/h2-10,15-16,24H,11-14,17-18H2,1H3. The van der Waals surface area contributed by atoms with E-state index in [1.807, 2.05) is 54.6 Å². The monoisotopic (exact) mass is 401 g/mol. The van der Waals surface area contributed by atoms with E-state index in [1.165, 1.54) is 9.71 Å². The van der Waals surface area contributed by atoms with Crippen molar-refractivity contribution < 1.29 is 18.3 Å². The molecule has 0 bridgehead atoms. The van der Waals surface area contributed by atoms with Crippen molar-refractivity contribution in [1.82, 2.24) is 4.31 Å². The summed E-state index contributed by atoms with van der Waals surface area (Å²) in [7, 11) is -1.84. The third-order valence-electron chi connectivity index (χ3n) is 5.42. The molecule has 150 valence electrons. The molecule has 1 saturated heterocycles. The Kier molecular flexibility index (Phi) is 6.54.